The number of benzene rings is 1. The van der Waals surface area contributed by atoms with Gasteiger partial charge in [-0.05, 0) is 36.8 Å². The van der Waals surface area contributed by atoms with Gasteiger partial charge in [0.1, 0.15) is 0 Å². The Bertz CT molecular complexity index is 757. The molecule has 0 radical (unpaired) electrons. The lowest BCUT2D eigenvalue weighted by Gasteiger charge is -2.37. The van der Waals surface area contributed by atoms with E-state index in [0.717, 1.165) is 42.5 Å². The van der Waals surface area contributed by atoms with Crippen molar-refractivity contribution in [1.82, 2.24) is 20.7 Å². The maximum Gasteiger partial charge on any atom is 0.256 e. The van der Waals surface area contributed by atoms with Crippen molar-refractivity contribution < 1.29 is 4.79 Å². The van der Waals surface area contributed by atoms with Crippen molar-refractivity contribution in [1.29, 1.82) is 0 Å². The van der Waals surface area contributed by atoms with Gasteiger partial charge in [-0.2, -0.15) is 0 Å². The zero-order valence-electron chi connectivity index (χ0n) is 14.7. The van der Waals surface area contributed by atoms with E-state index < -0.39 is 0 Å². The number of nitrogens with zero attached hydrogens (tertiary/aromatic N) is 2. The van der Waals surface area contributed by atoms with Gasteiger partial charge in [0.05, 0.1) is 11.1 Å². The summed E-state index contributed by atoms with van der Waals surface area (Å²) in [5, 5.41) is 1.02. The van der Waals surface area contributed by atoms with Crippen LogP contribution in [0.5, 0.6) is 0 Å². The minimum atomic E-state index is 0.119. The number of aromatic nitrogens is 1. The third kappa shape index (κ3) is 3.14. The van der Waals surface area contributed by atoms with Crippen molar-refractivity contribution in [3.63, 3.8) is 0 Å². The summed E-state index contributed by atoms with van der Waals surface area (Å²) in [7, 11) is 0. The minimum absolute atomic E-state index is 0.119. The van der Waals surface area contributed by atoms with Gasteiger partial charge in [0.2, 0.25) is 0 Å². The number of para-hydroxylation sites is 1. The molecule has 5 heteroatoms. The summed E-state index contributed by atoms with van der Waals surface area (Å²) in [5.74, 6) is 1.29. The Labute approximate surface area is 148 Å². The van der Waals surface area contributed by atoms with Crippen molar-refractivity contribution in [2.24, 2.45) is 11.8 Å². The normalized spacial score (nSPS) is 26.9. The predicted molar refractivity (Wildman–Crippen MR) is 99.1 cm³/mol. The first-order chi connectivity index (χ1) is 12.3. The molecule has 4 rings (SSSR count). The molecule has 3 atom stereocenters. The molecule has 2 fully saturated rings. The second kappa shape index (κ2) is 7.10. The molecule has 2 aliphatic heterocycles. The van der Waals surface area contributed by atoms with Crippen LogP contribution in [0.25, 0.3) is 10.9 Å². The summed E-state index contributed by atoms with van der Waals surface area (Å²) in [6.07, 6.45) is 5.19. The molecule has 2 aliphatic rings. The number of rotatable bonds is 3. The Morgan fingerprint density at radius 3 is 3.08 bits per heavy atom. The van der Waals surface area contributed by atoms with Gasteiger partial charge in [0.25, 0.3) is 5.91 Å². The van der Waals surface area contributed by atoms with E-state index in [0.29, 0.717) is 17.9 Å². The first kappa shape index (κ1) is 16.5. The Morgan fingerprint density at radius 1 is 1.32 bits per heavy atom. The average molecular weight is 338 g/mol. The minimum Gasteiger partial charge on any atom is -0.338 e. The molecule has 2 aromatic rings. The third-order valence-electron chi connectivity index (χ3n) is 5.78. The third-order valence-corrected chi connectivity index (χ3v) is 5.78. The molecule has 3 heterocycles. The van der Waals surface area contributed by atoms with Gasteiger partial charge >= 0.3 is 0 Å². The molecule has 1 aromatic carbocycles. The number of hydrazine groups is 1. The lowest BCUT2D eigenvalue weighted by atomic mass is 9.83. The molecule has 1 amide bonds. The number of carbonyl (C=O) groups is 1. The van der Waals surface area contributed by atoms with Crippen LogP contribution in [-0.4, -0.2) is 41.5 Å². The molecule has 5 nitrogen and oxygen atoms in total. The van der Waals surface area contributed by atoms with Gasteiger partial charge in [0.15, 0.2) is 0 Å². The molecule has 0 aliphatic carbocycles. The highest BCUT2D eigenvalue weighted by molar-refractivity contribution is 6.05. The molecule has 132 valence electrons. The van der Waals surface area contributed by atoms with E-state index in [1.807, 2.05) is 35.2 Å². The number of pyridine rings is 1. The maximum atomic E-state index is 13.2. The fourth-order valence-electron chi connectivity index (χ4n) is 4.39. The summed E-state index contributed by atoms with van der Waals surface area (Å²) >= 11 is 0. The van der Waals surface area contributed by atoms with Gasteiger partial charge < -0.3 is 4.90 Å². The molecule has 0 bridgehead atoms. The monoisotopic (exact) mass is 338 g/mol. The van der Waals surface area contributed by atoms with E-state index in [2.05, 4.69) is 22.8 Å². The van der Waals surface area contributed by atoms with Crippen molar-refractivity contribution >= 4 is 16.8 Å². The van der Waals surface area contributed by atoms with Crippen LogP contribution in [0.15, 0.2) is 36.5 Å². The van der Waals surface area contributed by atoms with Crippen molar-refractivity contribution in [3.05, 3.63) is 42.1 Å². The molecule has 2 N–H and O–H groups in total. The second-order valence-electron chi connectivity index (χ2n) is 7.25. The van der Waals surface area contributed by atoms with Crippen molar-refractivity contribution in [2.75, 3.05) is 19.6 Å². The molecular formula is C20H26N4O. The molecule has 2 saturated heterocycles. The van der Waals surface area contributed by atoms with E-state index in [4.69, 9.17) is 0 Å². The molecule has 0 spiro atoms. The van der Waals surface area contributed by atoms with E-state index in [9.17, 15) is 4.79 Å². The molecule has 3 unspecified atom stereocenters. The average Bonchev–Trinajstić information content (AvgIpc) is 3.16. The number of hydrogen-bond donors (Lipinski definition) is 2. The van der Waals surface area contributed by atoms with E-state index in [1.165, 1.54) is 12.8 Å². The van der Waals surface area contributed by atoms with Crippen molar-refractivity contribution in [3.8, 4) is 0 Å². The largest absolute Gasteiger partial charge is 0.338 e. The first-order valence-corrected chi connectivity index (χ1v) is 9.39. The number of carbonyl (C=O) groups excluding carboxylic acids is 1. The SMILES string of the molecule is CCC1CNNC1C1CCCN(C(=O)c2cccc3cccnc23)C1. The number of nitrogens with one attached hydrogen (secondary N) is 2. The standard InChI is InChI=1S/C20H26N4O/c1-2-14-12-22-23-18(14)16-8-5-11-24(13-16)20(25)17-9-3-6-15-7-4-10-21-19(15)17/h3-4,6-7,9-10,14,16,18,22-23H,2,5,8,11-13H2,1H3. The number of amides is 1. The molecule has 1 aromatic heterocycles. The van der Waals surface area contributed by atoms with Crippen LogP contribution in [0.1, 0.15) is 36.5 Å². The Kier molecular flexibility index (Phi) is 4.68. The second-order valence-corrected chi connectivity index (χ2v) is 7.25. The van der Waals surface area contributed by atoms with Crippen LogP contribution in [0.3, 0.4) is 0 Å². The zero-order chi connectivity index (χ0) is 17.2. The fraction of sp³-hybridized carbons (Fsp3) is 0.500. The van der Waals surface area contributed by atoms with Gasteiger partial charge in [-0.15, -0.1) is 0 Å². The highest BCUT2D eigenvalue weighted by Crippen LogP contribution is 2.28. The van der Waals surface area contributed by atoms with E-state index >= 15 is 0 Å². The lowest BCUT2D eigenvalue weighted by molar-refractivity contribution is 0.0636. The summed E-state index contributed by atoms with van der Waals surface area (Å²) in [5.41, 5.74) is 8.30. The van der Waals surface area contributed by atoms with Crippen LogP contribution in [0, 0.1) is 11.8 Å². The van der Waals surface area contributed by atoms with Crippen LogP contribution >= 0.6 is 0 Å². The Hall–Kier alpha value is -1.98. The maximum absolute atomic E-state index is 13.2. The summed E-state index contributed by atoms with van der Waals surface area (Å²) in [6.45, 7) is 4.95. The highest BCUT2D eigenvalue weighted by atomic mass is 16.2. The van der Waals surface area contributed by atoms with Crippen LogP contribution < -0.4 is 10.9 Å². The highest BCUT2D eigenvalue weighted by Gasteiger charge is 2.36. The van der Waals surface area contributed by atoms with Crippen LogP contribution in [0.4, 0.5) is 0 Å². The lowest BCUT2D eigenvalue weighted by Crippen LogP contribution is -2.48. The van der Waals surface area contributed by atoms with Gasteiger partial charge in [-0.25, -0.2) is 0 Å². The van der Waals surface area contributed by atoms with E-state index in [1.54, 1.807) is 6.20 Å². The predicted octanol–water partition coefficient (Wildman–Crippen LogP) is 2.59. The topological polar surface area (TPSA) is 57.3 Å². The van der Waals surface area contributed by atoms with Gasteiger partial charge in [0, 0.05) is 37.3 Å². The van der Waals surface area contributed by atoms with Crippen LogP contribution in [-0.2, 0) is 0 Å². The number of likely N-dealkylation sites (tertiary alicyclic amines) is 1. The number of hydrogen-bond acceptors (Lipinski definition) is 4. The molecule has 0 saturated carbocycles. The zero-order valence-corrected chi connectivity index (χ0v) is 14.7. The van der Waals surface area contributed by atoms with Crippen molar-refractivity contribution in [2.45, 2.75) is 32.2 Å². The summed E-state index contributed by atoms with van der Waals surface area (Å²) < 4.78 is 0. The summed E-state index contributed by atoms with van der Waals surface area (Å²) in [4.78, 5) is 19.7. The molecular weight excluding hydrogens is 312 g/mol. The summed E-state index contributed by atoms with van der Waals surface area (Å²) in [6, 6.07) is 10.3. The van der Waals surface area contributed by atoms with Gasteiger partial charge in [-0.1, -0.05) is 31.5 Å². The quantitative estimate of drug-likeness (QED) is 0.903. The molecule has 25 heavy (non-hydrogen) atoms. The van der Waals surface area contributed by atoms with Crippen LogP contribution in [0.2, 0.25) is 0 Å². The Morgan fingerprint density at radius 2 is 2.20 bits per heavy atom. The first-order valence-electron chi connectivity index (χ1n) is 9.39. The number of fused-ring (bicyclic) bond motifs is 1. The van der Waals surface area contributed by atoms with Gasteiger partial charge in [-0.3, -0.25) is 20.6 Å². The Balaban J connectivity index is 1.55. The number of piperidine rings is 1. The smallest absolute Gasteiger partial charge is 0.256 e. The fourth-order valence-corrected chi connectivity index (χ4v) is 4.39. The van der Waals surface area contributed by atoms with E-state index in [-0.39, 0.29) is 5.91 Å².